The Morgan fingerprint density at radius 3 is 2.52 bits per heavy atom. The molecule has 2 amide bonds. The Balaban J connectivity index is 1.76. The zero-order valence-electron chi connectivity index (χ0n) is 14.0. The van der Waals surface area contributed by atoms with Gasteiger partial charge in [-0.25, -0.2) is 4.79 Å². The van der Waals surface area contributed by atoms with Crippen molar-refractivity contribution in [1.82, 2.24) is 4.90 Å². The molecule has 0 aromatic heterocycles. The summed E-state index contributed by atoms with van der Waals surface area (Å²) < 4.78 is 5.45. The van der Waals surface area contributed by atoms with Crippen LogP contribution in [0.15, 0.2) is 24.3 Å². The van der Waals surface area contributed by atoms with E-state index in [9.17, 15) is 9.59 Å². The molecule has 2 heterocycles. The maximum absolute atomic E-state index is 12.2. The van der Waals surface area contributed by atoms with Crippen LogP contribution in [0.5, 0.6) is 0 Å². The molecule has 3 rings (SSSR count). The second-order valence-corrected chi connectivity index (χ2v) is 7.52. The summed E-state index contributed by atoms with van der Waals surface area (Å²) in [7, 11) is 0. The van der Waals surface area contributed by atoms with Crippen LogP contribution in [0.4, 0.5) is 10.5 Å². The molecule has 1 fully saturated rings. The highest BCUT2D eigenvalue weighted by atomic mass is 16.6. The number of hydrogen-bond donors (Lipinski definition) is 1. The molecule has 2 aliphatic rings. The molecule has 124 valence electrons. The number of rotatable bonds is 0. The van der Waals surface area contributed by atoms with Crippen molar-refractivity contribution in [3.63, 3.8) is 0 Å². The van der Waals surface area contributed by atoms with Crippen molar-refractivity contribution in [3.8, 4) is 0 Å². The lowest BCUT2D eigenvalue weighted by atomic mass is 9.68. The van der Waals surface area contributed by atoms with E-state index in [1.54, 1.807) is 4.90 Å². The Morgan fingerprint density at radius 2 is 1.87 bits per heavy atom. The van der Waals surface area contributed by atoms with E-state index in [4.69, 9.17) is 4.74 Å². The molecule has 0 unspecified atom stereocenters. The Bertz CT molecular complexity index is 625. The number of amides is 2. The fourth-order valence-electron chi connectivity index (χ4n) is 3.54. The number of piperidine rings is 1. The first-order valence-electron chi connectivity index (χ1n) is 8.16. The summed E-state index contributed by atoms with van der Waals surface area (Å²) >= 11 is 0. The first-order chi connectivity index (χ1) is 10.8. The normalized spacial score (nSPS) is 20.0. The molecule has 5 nitrogen and oxygen atoms in total. The summed E-state index contributed by atoms with van der Waals surface area (Å²) in [5.41, 5.74) is 1.47. The molecule has 0 aliphatic carbocycles. The minimum absolute atomic E-state index is 0.0643. The topological polar surface area (TPSA) is 58.6 Å². The van der Waals surface area contributed by atoms with Gasteiger partial charge in [-0.2, -0.15) is 0 Å². The summed E-state index contributed by atoms with van der Waals surface area (Å²) in [6.07, 6.45) is 1.81. The molecule has 2 aliphatic heterocycles. The minimum atomic E-state index is -0.483. The first-order valence-corrected chi connectivity index (χ1v) is 8.16. The van der Waals surface area contributed by atoms with Crippen LogP contribution in [0.2, 0.25) is 0 Å². The van der Waals surface area contributed by atoms with E-state index in [1.807, 2.05) is 39.0 Å². The number of fused-ring (bicyclic) bond motifs is 2. The predicted molar refractivity (Wildman–Crippen MR) is 88.4 cm³/mol. The zero-order chi connectivity index (χ0) is 16.7. The molecule has 23 heavy (non-hydrogen) atoms. The number of hydrogen-bond acceptors (Lipinski definition) is 3. The molecule has 0 atom stereocenters. The van der Waals surface area contributed by atoms with E-state index >= 15 is 0 Å². The quantitative estimate of drug-likeness (QED) is 0.799. The van der Waals surface area contributed by atoms with Crippen molar-refractivity contribution in [2.75, 3.05) is 18.4 Å². The highest BCUT2D eigenvalue weighted by Crippen LogP contribution is 2.44. The van der Waals surface area contributed by atoms with Gasteiger partial charge in [-0.05, 0) is 45.2 Å². The number of nitrogens with zero attached hydrogens (tertiary/aromatic N) is 1. The number of likely N-dealkylation sites (tertiary alicyclic amines) is 1. The number of ether oxygens (including phenoxy) is 1. The second kappa shape index (κ2) is 5.55. The van der Waals surface area contributed by atoms with Gasteiger partial charge in [0.2, 0.25) is 5.91 Å². The smallest absolute Gasteiger partial charge is 0.410 e. The van der Waals surface area contributed by atoms with Crippen molar-refractivity contribution >= 4 is 17.7 Å². The molecule has 1 spiro atoms. The van der Waals surface area contributed by atoms with Gasteiger partial charge in [0.1, 0.15) is 5.60 Å². The largest absolute Gasteiger partial charge is 0.444 e. The molecular formula is C18H24N2O3. The zero-order valence-corrected chi connectivity index (χ0v) is 14.0. The Morgan fingerprint density at radius 1 is 1.22 bits per heavy atom. The number of carbonyl (C=O) groups excluding carboxylic acids is 2. The van der Waals surface area contributed by atoms with Crippen LogP contribution in [-0.2, 0) is 14.9 Å². The molecular weight excluding hydrogens is 292 g/mol. The van der Waals surface area contributed by atoms with Gasteiger partial charge in [0.05, 0.1) is 0 Å². The third-order valence-electron chi connectivity index (χ3n) is 4.64. The van der Waals surface area contributed by atoms with Crippen molar-refractivity contribution in [1.29, 1.82) is 0 Å². The van der Waals surface area contributed by atoms with Crippen molar-refractivity contribution < 1.29 is 14.3 Å². The average molecular weight is 316 g/mol. The van der Waals surface area contributed by atoms with E-state index in [2.05, 4.69) is 11.4 Å². The molecule has 1 aromatic rings. The Hall–Kier alpha value is -2.04. The third kappa shape index (κ3) is 3.19. The van der Waals surface area contributed by atoms with Gasteiger partial charge < -0.3 is 15.0 Å². The fourth-order valence-corrected chi connectivity index (χ4v) is 3.54. The van der Waals surface area contributed by atoms with Crippen LogP contribution < -0.4 is 5.32 Å². The van der Waals surface area contributed by atoms with Crippen LogP contribution in [0.25, 0.3) is 0 Å². The molecule has 0 saturated carbocycles. The number of carbonyl (C=O) groups is 2. The van der Waals surface area contributed by atoms with Crippen molar-refractivity contribution in [2.24, 2.45) is 0 Å². The summed E-state index contributed by atoms with van der Waals surface area (Å²) in [5, 5.41) is 2.95. The van der Waals surface area contributed by atoms with Crippen LogP contribution >= 0.6 is 0 Å². The second-order valence-electron chi connectivity index (χ2n) is 7.52. The summed E-state index contributed by atoms with van der Waals surface area (Å²) in [5.74, 6) is 0.0643. The van der Waals surface area contributed by atoms with E-state index in [-0.39, 0.29) is 17.4 Å². The molecule has 1 saturated heterocycles. The third-order valence-corrected chi connectivity index (χ3v) is 4.64. The van der Waals surface area contributed by atoms with Crippen LogP contribution in [0.3, 0.4) is 0 Å². The van der Waals surface area contributed by atoms with E-state index in [0.29, 0.717) is 19.5 Å². The maximum atomic E-state index is 12.2. The lowest BCUT2D eigenvalue weighted by Gasteiger charge is -2.44. The maximum Gasteiger partial charge on any atom is 0.410 e. The summed E-state index contributed by atoms with van der Waals surface area (Å²) in [6.45, 7) is 6.86. The highest BCUT2D eigenvalue weighted by molar-refractivity contribution is 5.95. The lowest BCUT2D eigenvalue weighted by Crippen LogP contribution is -2.49. The van der Waals surface area contributed by atoms with Crippen LogP contribution in [-0.4, -0.2) is 35.6 Å². The minimum Gasteiger partial charge on any atom is -0.444 e. The Labute approximate surface area is 137 Å². The van der Waals surface area contributed by atoms with Crippen molar-refractivity contribution in [3.05, 3.63) is 29.8 Å². The SMILES string of the molecule is CC(C)(C)OC(=O)N1CCC2(CC1)CC(=O)Nc1ccccc12. The number of para-hydroxylation sites is 1. The number of anilines is 1. The molecule has 5 heteroatoms. The number of benzene rings is 1. The van der Waals surface area contributed by atoms with Crippen LogP contribution in [0, 0.1) is 0 Å². The standard InChI is InChI=1S/C18H24N2O3/c1-17(2,3)23-16(22)20-10-8-18(9-11-20)12-15(21)19-14-7-5-4-6-13(14)18/h4-7H,8-12H2,1-3H3,(H,19,21). The van der Waals surface area contributed by atoms with E-state index < -0.39 is 5.60 Å². The summed E-state index contributed by atoms with van der Waals surface area (Å²) in [6, 6.07) is 8.00. The van der Waals surface area contributed by atoms with Gasteiger partial charge in [0.15, 0.2) is 0 Å². The van der Waals surface area contributed by atoms with Gasteiger partial charge in [-0.1, -0.05) is 18.2 Å². The fraction of sp³-hybridized carbons (Fsp3) is 0.556. The van der Waals surface area contributed by atoms with Gasteiger partial charge in [0.25, 0.3) is 0 Å². The predicted octanol–water partition coefficient (Wildman–Crippen LogP) is 3.30. The highest BCUT2D eigenvalue weighted by Gasteiger charge is 2.43. The molecule has 0 bridgehead atoms. The first kappa shape index (κ1) is 15.8. The molecule has 1 aromatic carbocycles. The van der Waals surface area contributed by atoms with Gasteiger partial charge in [-0.15, -0.1) is 0 Å². The van der Waals surface area contributed by atoms with Crippen molar-refractivity contribution in [2.45, 2.75) is 51.0 Å². The molecule has 0 radical (unpaired) electrons. The van der Waals surface area contributed by atoms with E-state index in [0.717, 1.165) is 18.5 Å². The lowest BCUT2D eigenvalue weighted by molar-refractivity contribution is -0.118. The molecule has 1 N–H and O–H groups in total. The van der Waals surface area contributed by atoms with E-state index in [1.165, 1.54) is 5.56 Å². The monoisotopic (exact) mass is 316 g/mol. The van der Waals surface area contributed by atoms with Crippen LogP contribution in [0.1, 0.15) is 45.6 Å². The van der Waals surface area contributed by atoms with Gasteiger partial charge in [0, 0.05) is 30.6 Å². The summed E-state index contributed by atoms with van der Waals surface area (Å²) in [4.78, 5) is 26.1. The van der Waals surface area contributed by atoms with Gasteiger partial charge >= 0.3 is 6.09 Å². The Kier molecular flexibility index (Phi) is 3.82. The van der Waals surface area contributed by atoms with Gasteiger partial charge in [-0.3, -0.25) is 4.79 Å². The average Bonchev–Trinajstić information content (AvgIpc) is 2.46. The number of nitrogens with one attached hydrogen (secondary N) is 1.